The Balaban J connectivity index is 2.20. The maximum absolute atomic E-state index is 13.8. The van der Waals surface area contributed by atoms with Crippen LogP contribution in [0.2, 0.25) is 5.02 Å². The molecule has 1 N–H and O–H groups in total. The van der Waals surface area contributed by atoms with Crippen molar-refractivity contribution >= 4 is 33.3 Å². The Hall–Kier alpha value is -3.27. The molecule has 0 radical (unpaired) electrons. The van der Waals surface area contributed by atoms with Gasteiger partial charge in [-0.2, -0.15) is 0 Å². The van der Waals surface area contributed by atoms with Gasteiger partial charge in [0.2, 0.25) is 0 Å². The van der Waals surface area contributed by atoms with Gasteiger partial charge in [-0.1, -0.05) is 41.9 Å². The average molecular weight is 520 g/mol. The molecule has 0 aliphatic carbocycles. The Morgan fingerprint density at radius 2 is 1.69 bits per heavy atom. The number of methoxy groups -OCH3 is 2. The fourth-order valence-electron chi connectivity index (χ4n) is 3.51. The van der Waals surface area contributed by atoms with Crippen LogP contribution in [0.3, 0.4) is 0 Å². The van der Waals surface area contributed by atoms with Gasteiger partial charge < -0.3 is 19.3 Å². The predicted molar refractivity (Wildman–Crippen MR) is 133 cm³/mol. The van der Waals surface area contributed by atoms with Crippen molar-refractivity contribution in [2.75, 3.05) is 31.7 Å². The molecule has 0 spiro atoms. The van der Waals surface area contributed by atoms with E-state index in [0.717, 1.165) is 4.31 Å². The van der Waals surface area contributed by atoms with Crippen LogP contribution < -0.4 is 13.8 Å². The fraction of sp³-hybridized carbons (Fsp3) is 0.240. The number of sulfonamides is 1. The minimum Gasteiger partial charge on any atom is -0.493 e. The number of esters is 1. The van der Waals surface area contributed by atoms with Gasteiger partial charge >= 0.3 is 5.97 Å². The minimum atomic E-state index is -4.33. The van der Waals surface area contributed by atoms with Gasteiger partial charge in [0, 0.05) is 16.7 Å². The van der Waals surface area contributed by atoms with Crippen molar-refractivity contribution in [1.29, 1.82) is 0 Å². The van der Waals surface area contributed by atoms with Crippen LogP contribution in [0.25, 0.3) is 0 Å². The molecule has 1 unspecified atom stereocenters. The summed E-state index contributed by atoms with van der Waals surface area (Å²) in [6.45, 7) is 1.07. The summed E-state index contributed by atoms with van der Waals surface area (Å²) in [6, 6.07) is 17.2. The van der Waals surface area contributed by atoms with E-state index in [4.69, 9.17) is 25.8 Å². The molecule has 0 amide bonds. The molecule has 0 heterocycles. The van der Waals surface area contributed by atoms with Crippen molar-refractivity contribution in [3.05, 3.63) is 82.9 Å². The number of carbonyl (C=O) groups is 1. The molecule has 0 bridgehead atoms. The lowest BCUT2D eigenvalue weighted by Gasteiger charge is -2.28. The number of hydrogen-bond donors (Lipinski definition) is 1. The second-order valence-electron chi connectivity index (χ2n) is 7.35. The van der Waals surface area contributed by atoms with E-state index in [-0.39, 0.29) is 28.5 Å². The van der Waals surface area contributed by atoms with Crippen molar-refractivity contribution in [3.8, 4) is 11.5 Å². The van der Waals surface area contributed by atoms with Crippen molar-refractivity contribution in [2.45, 2.75) is 17.9 Å². The molecule has 3 aromatic carbocycles. The van der Waals surface area contributed by atoms with Gasteiger partial charge in [0.1, 0.15) is 12.6 Å². The standard InChI is InChI=1S/C25H26ClNO7S/c1-4-34-24(28)16-27(35(30,31)19-11-13-22(32-2)23(15-19)33-3)21-12-10-18(26)14-20(21)25(29)17-8-6-5-7-9-17/h5-15,25,29H,4,16H2,1-3H3. The van der Waals surface area contributed by atoms with Crippen molar-refractivity contribution < 1.29 is 32.5 Å². The molecule has 0 aliphatic rings. The van der Waals surface area contributed by atoms with E-state index >= 15 is 0 Å². The smallest absolute Gasteiger partial charge is 0.326 e. The molecular weight excluding hydrogens is 494 g/mol. The number of nitrogens with zero attached hydrogens (tertiary/aromatic N) is 1. The number of carbonyl (C=O) groups excluding carboxylic acids is 1. The summed E-state index contributed by atoms with van der Waals surface area (Å²) in [7, 11) is -1.51. The summed E-state index contributed by atoms with van der Waals surface area (Å²) in [4.78, 5) is 12.3. The Labute approximate surface area is 209 Å². The van der Waals surface area contributed by atoms with Gasteiger partial charge in [0.25, 0.3) is 10.0 Å². The van der Waals surface area contributed by atoms with Crippen LogP contribution in [0, 0.1) is 0 Å². The third kappa shape index (κ3) is 5.87. The lowest BCUT2D eigenvalue weighted by atomic mass is 10.00. The van der Waals surface area contributed by atoms with Crippen LogP contribution in [0.5, 0.6) is 11.5 Å². The first-order valence-electron chi connectivity index (χ1n) is 10.7. The number of anilines is 1. The summed E-state index contributed by atoms with van der Waals surface area (Å²) >= 11 is 6.21. The summed E-state index contributed by atoms with van der Waals surface area (Å²) in [5, 5.41) is 11.4. The van der Waals surface area contributed by atoms with Crippen LogP contribution in [0.15, 0.2) is 71.6 Å². The molecule has 0 saturated carbocycles. The van der Waals surface area contributed by atoms with Crippen molar-refractivity contribution in [2.24, 2.45) is 0 Å². The molecule has 186 valence electrons. The van der Waals surface area contributed by atoms with E-state index < -0.39 is 28.6 Å². The molecule has 8 nitrogen and oxygen atoms in total. The SMILES string of the molecule is CCOC(=O)CN(c1ccc(Cl)cc1C(O)c1ccccc1)S(=O)(=O)c1ccc(OC)c(OC)c1. The van der Waals surface area contributed by atoms with E-state index in [0.29, 0.717) is 16.3 Å². The van der Waals surface area contributed by atoms with Crippen LogP contribution in [0.1, 0.15) is 24.2 Å². The van der Waals surface area contributed by atoms with Gasteiger partial charge in [-0.3, -0.25) is 9.10 Å². The van der Waals surface area contributed by atoms with Gasteiger partial charge in [0.05, 0.1) is 31.4 Å². The second-order valence-corrected chi connectivity index (χ2v) is 9.65. The first-order chi connectivity index (χ1) is 16.7. The third-order valence-corrected chi connectivity index (χ3v) is 7.18. The summed E-state index contributed by atoms with van der Waals surface area (Å²) in [5.74, 6) is -0.216. The summed E-state index contributed by atoms with van der Waals surface area (Å²) in [6.07, 6.45) is -1.21. The quantitative estimate of drug-likeness (QED) is 0.400. The molecule has 10 heteroatoms. The number of benzene rings is 3. The van der Waals surface area contributed by atoms with Crippen LogP contribution in [0.4, 0.5) is 5.69 Å². The number of hydrogen-bond acceptors (Lipinski definition) is 7. The average Bonchev–Trinajstić information content (AvgIpc) is 2.87. The zero-order chi connectivity index (χ0) is 25.6. The highest BCUT2D eigenvalue weighted by molar-refractivity contribution is 7.92. The van der Waals surface area contributed by atoms with Crippen LogP contribution >= 0.6 is 11.6 Å². The molecule has 0 fully saturated rings. The molecule has 3 aromatic rings. The third-order valence-electron chi connectivity index (χ3n) is 5.19. The highest BCUT2D eigenvalue weighted by atomic mass is 35.5. The monoisotopic (exact) mass is 519 g/mol. The van der Waals surface area contributed by atoms with E-state index in [1.54, 1.807) is 37.3 Å². The lowest BCUT2D eigenvalue weighted by Crippen LogP contribution is -2.37. The molecule has 0 saturated heterocycles. The number of aliphatic hydroxyl groups is 1. The first kappa shape index (κ1) is 26.3. The Morgan fingerprint density at radius 3 is 2.31 bits per heavy atom. The molecule has 0 aromatic heterocycles. The van der Waals surface area contributed by atoms with Crippen molar-refractivity contribution in [1.82, 2.24) is 0 Å². The van der Waals surface area contributed by atoms with Gasteiger partial charge in [0.15, 0.2) is 11.5 Å². The van der Waals surface area contributed by atoms with Gasteiger partial charge in [-0.05, 0) is 42.8 Å². The molecule has 35 heavy (non-hydrogen) atoms. The predicted octanol–water partition coefficient (Wildman–Crippen LogP) is 4.20. The number of aliphatic hydroxyl groups excluding tert-OH is 1. The zero-order valence-electron chi connectivity index (χ0n) is 19.5. The maximum Gasteiger partial charge on any atom is 0.326 e. The molecule has 0 aliphatic heterocycles. The summed E-state index contributed by atoms with van der Waals surface area (Å²) < 4.78 is 44.1. The topological polar surface area (TPSA) is 102 Å². The Morgan fingerprint density at radius 1 is 1.00 bits per heavy atom. The number of halogens is 1. The van der Waals surface area contributed by atoms with E-state index in [1.807, 2.05) is 0 Å². The lowest BCUT2D eigenvalue weighted by molar-refractivity contribution is -0.141. The molecular formula is C25H26ClNO7S. The van der Waals surface area contributed by atoms with Gasteiger partial charge in [-0.25, -0.2) is 8.42 Å². The van der Waals surface area contributed by atoms with Crippen molar-refractivity contribution in [3.63, 3.8) is 0 Å². The second kappa shape index (κ2) is 11.4. The van der Waals surface area contributed by atoms with Crippen LogP contribution in [-0.2, 0) is 19.6 Å². The largest absolute Gasteiger partial charge is 0.493 e. The zero-order valence-corrected chi connectivity index (χ0v) is 21.0. The van der Waals surface area contributed by atoms with Gasteiger partial charge in [-0.15, -0.1) is 0 Å². The molecule has 1 atom stereocenters. The number of ether oxygens (including phenoxy) is 3. The highest BCUT2D eigenvalue weighted by Crippen LogP contribution is 2.37. The maximum atomic E-state index is 13.8. The van der Waals surface area contributed by atoms with E-state index in [2.05, 4.69) is 0 Å². The van der Waals surface area contributed by atoms with E-state index in [9.17, 15) is 18.3 Å². The first-order valence-corrected chi connectivity index (χ1v) is 12.5. The summed E-state index contributed by atoms with van der Waals surface area (Å²) in [5.41, 5.74) is 0.807. The number of rotatable bonds is 10. The minimum absolute atomic E-state index is 0.0726. The van der Waals surface area contributed by atoms with E-state index in [1.165, 1.54) is 50.6 Å². The fourth-order valence-corrected chi connectivity index (χ4v) is 5.15. The molecule has 3 rings (SSSR count). The highest BCUT2D eigenvalue weighted by Gasteiger charge is 2.32. The van der Waals surface area contributed by atoms with Crippen LogP contribution in [-0.4, -0.2) is 46.9 Å². The Bertz CT molecular complexity index is 1280. The normalized spacial score (nSPS) is 12.0. The Kier molecular flexibility index (Phi) is 8.61.